The molecule has 7 heteroatoms. The van der Waals surface area contributed by atoms with Crippen molar-refractivity contribution in [3.63, 3.8) is 0 Å². The van der Waals surface area contributed by atoms with Gasteiger partial charge in [0.25, 0.3) is 0 Å². The van der Waals surface area contributed by atoms with E-state index < -0.39 is 29.7 Å². The van der Waals surface area contributed by atoms with Crippen LogP contribution in [-0.2, 0) is 19.1 Å². The zero-order chi connectivity index (χ0) is 19.8. The molecule has 150 valence electrons. The molecule has 7 nitrogen and oxygen atoms in total. The van der Waals surface area contributed by atoms with Crippen molar-refractivity contribution < 1.29 is 23.9 Å². The fourth-order valence-electron chi connectivity index (χ4n) is 4.15. The highest BCUT2D eigenvalue weighted by Gasteiger charge is 2.48. The number of fused-ring (bicyclic) bond motifs is 1. The SMILES string of the molecule is COC(=O)[C@@H]1CC[C@@H]2C/C=C\[C@@H](C3CC3)[C@H](NC(=O)OC(C)(C)C)C(=O)N21. The molecule has 0 aromatic rings. The standard InChI is InChI=1S/C20H30N2O5/c1-20(2,3)27-19(25)21-16-14(12-8-9-12)7-5-6-13-10-11-15(18(24)26-4)22(13)17(16)23/h5,7,12-16H,6,8-11H2,1-4H3,(H,21,25)/b7-5-/t13-,14-,15-,16-/m0/s1. The Hall–Kier alpha value is -2.05. The van der Waals surface area contributed by atoms with Gasteiger partial charge in [0.2, 0.25) is 5.91 Å². The van der Waals surface area contributed by atoms with Gasteiger partial charge in [0, 0.05) is 12.0 Å². The Morgan fingerprint density at radius 1 is 1.19 bits per heavy atom. The molecular formula is C20H30N2O5. The molecule has 2 fully saturated rings. The number of hydrogen-bond acceptors (Lipinski definition) is 5. The first-order chi connectivity index (χ1) is 12.7. The Bertz CT molecular complexity index is 635. The van der Waals surface area contributed by atoms with Gasteiger partial charge in [-0.2, -0.15) is 0 Å². The average Bonchev–Trinajstić information content (AvgIpc) is 3.32. The van der Waals surface area contributed by atoms with Crippen LogP contribution in [0, 0.1) is 11.8 Å². The van der Waals surface area contributed by atoms with Gasteiger partial charge in [-0.3, -0.25) is 4.79 Å². The summed E-state index contributed by atoms with van der Waals surface area (Å²) in [5.41, 5.74) is -0.648. The molecule has 1 N–H and O–H groups in total. The molecule has 27 heavy (non-hydrogen) atoms. The second-order valence-electron chi connectivity index (χ2n) is 8.72. The van der Waals surface area contributed by atoms with E-state index in [4.69, 9.17) is 9.47 Å². The molecule has 0 spiro atoms. The van der Waals surface area contributed by atoms with Crippen molar-refractivity contribution in [3.8, 4) is 0 Å². The minimum absolute atomic E-state index is 0.0408. The van der Waals surface area contributed by atoms with Gasteiger partial charge < -0.3 is 19.7 Å². The number of nitrogens with one attached hydrogen (secondary N) is 1. The smallest absolute Gasteiger partial charge is 0.408 e. The maximum atomic E-state index is 13.5. The van der Waals surface area contributed by atoms with Gasteiger partial charge in [-0.15, -0.1) is 0 Å². The zero-order valence-electron chi connectivity index (χ0n) is 16.6. The van der Waals surface area contributed by atoms with E-state index in [2.05, 4.69) is 17.5 Å². The highest BCUT2D eigenvalue weighted by Crippen LogP contribution is 2.42. The first kappa shape index (κ1) is 19.7. The third kappa shape index (κ3) is 4.45. The summed E-state index contributed by atoms with van der Waals surface area (Å²) >= 11 is 0. The molecule has 3 aliphatic rings. The summed E-state index contributed by atoms with van der Waals surface area (Å²) in [6, 6.07) is -1.35. The Labute approximate surface area is 160 Å². The van der Waals surface area contributed by atoms with E-state index in [1.165, 1.54) is 7.11 Å². The summed E-state index contributed by atoms with van der Waals surface area (Å²) in [5.74, 6) is -0.305. The number of hydrogen-bond donors (Lipinski definition) is 1. The van der Waals surface area contributed by atoms with Crippen LogP contribution >= 0.6 is 0 Å². The van der Waals surface area contributed by atoms with Gasteiger partial charge in [0.15, 0.2) is 0 Å². The number of carbonyl (C=O) groups is 3. The lowest BCUT2D eigenvalue weighted by Gasteiger charge is -2.36. The molecule has 0 aromatic heterocycles. The molecule has 1 saturated carbocycles. The van der Waals surface area contributed by atoms with Crippen molar-refractivity contribution >= 4 is 18.0 Å². The molecule has 2 aliphatic heterocycles. The number of rotatable bonds is 3. The molecule has 1 saturated heterocycles. The molecule has 0 radical (unpaired) electrons. The van der Waals surface area contributed by atoms with Crippen LogP contribution in [0.5, 0.6) is 0 Å². The third-order valence-electron chi connectivity index (χ3n) is 5.49. The van der Waals surface area contributed by atoms with Crippen LogP contribution in [0.2, 0.25) is 0 Å². The minimum atomic E-state index is -0.725. The van der Waals surface area contributed by atoms with E-state index in [0.29, 0.717) is 12.3 Å². The van der Waals surface area contributed by atoms with Crippen molar-refractivity contribution in [2.75, 3.05) is 7.11 Å². The summed E-state index contributed by atoms with van der Waals surface area (Å²) in [4.78, 5) is 39.7. The maximum Gasteiger partial charge on any atom is 0.408 e. The predicted molar refractivity (Wildman–Crippen MR) is 98.8 cm³/mol. The second-order valence-corrected chi connectivity index (χ2v) is 8.72. The number of nitrogens with zero attached hydrogens (tertiary/aromatic N) is 1. The van der Waals surface area contributed by atoms with E-state index in [0.717, 1.165) is 25.7 Å². The molecule has 2 amide bonds. The second kappa shape index (κ2) is 7.52. The summed E-state index contributed by atoms with van der Waals surface area (Å²) in [6.45, 7) is 5.36. The highest BCUT2D eigenvalue weighted by atomic mass is 16.6. The Morgan fingerprint density at radius 3 is 2.48 bits per heavy atom. The van der Waals surface area contributed by atoms with Crippen LogP contribution in [0.25, 0.3) is 0 Å². The summed E-state index contributed by atoms with van der Waals surface area (Å²) in [5, 5.41) is 2.80. The lowest BCUT2D eigenvalue weighted by Crippen LogP contribution is -2.57. The van der Waals surface area contributed by atoms with Crippen LogP contribution in [0.15, 0.2) is 12.2 Å². The monoisotopic (exact) mass is 378 g/mol. The highest BCUT2D eigenvalue weighted by molar-refractivity contribution is 5.91. The molecule has 3 rings (SSSR count). The lowest BCUT2D eigenvalue weighted by molar-refractivity contribution is -0.153. The lowest BCUT2D eigenvalue weighted by atomic mass is 9.90. The molecular weight excluding hydrogens is 348 g/mol. The molecule has 0 aromatic carbocycles. The van der Waals surface area contributed by atoms with Crippen molar-refractivity contribution in [2.45, 2.75) is 76.6 Å². The fourth-order valence-corrected chi connectivity index (χ4v) is 4.15. The van der Waals surface area contributed by atoms with Crippen molar-refractivity contribution in [1.29, 1.82) is 0 Å². The van der Waals surface area contributed by atoms with Crippen LogP contribution in [-0.4, -0.2) is 53.7 Å². The van der Waals surface area contributed by atoms with Crippen LogP contribution in [0.4, 0.5) is 4.79 Å². The first-order valence-corrected chi connectivity index (χ1v) is 9.77. The van der Waals surface area contributed by atoms with Crippen LogP contribution in [0.3, 0.4) is 0 Å². The molecule has 2 heterocycles. The number of alkyl carbamates (subject to hydrolysis) is 1. The van der Waals surface area contributed by atoms with Gasteiger partial charge in [-0.25, -0.2) is 9.59 Å². The van der Waals surface area contributed by atoms with Gasteiger partial charge in [-0.1, -0.05) is 12.2 Å². The summed E-state index contributed by atoms with van der Waals surface area (Å²) < 4.78 is 10.3. The van der Waals surface area contributed by atoms with E-state index in [-0.39, 0.29) is 17.9 Å². The summed E-state index contributed by atoms with van der Waals surface area (Å²) in [7, 11) is 1.34. The number of carbonyl (C=O) groups excluding carboxylic acids is 3. The predicted octanol–water partition coefficient (Wildman–Crippen LogP) is 2.40. The molecule has 4 atom stereocenters. The zero-order valence-corrected chi connectivity index (χ0v) is 16.6. The molecule has 0 bridgehead atoms. The maximum absolute atomic E-state index is 13.5. The Kier molecular flexibility index (Phi) is 5.49. The van der Waals surface area contributed by atoms with Gasteiger partial charge in [0.05, 0.1) is 7.11 Å². The number of ether oxygens (including phenoxy) is 2. The van der Waals surface area contributed by atoms with Gasteiger partial charge in [-0.05, 0) is 58.8 Å². The first-order valence-electron chi connectivity index (χ1n) is 9.77. The van der Waals surface area contributed by atoms with Crippen LogP contribution < -0.4 is 5.32 Å². The van der Waals surface area contributed by atoms with E-state index in [1.54, 1.807) is 25.7 Å². The topological polar surface area (TPSA) is 84.9 Å². The van der Waals surface area contributed by atoms with E-state index in [1.807, 2.05) is 0 Å². The van der Waals surface area contributed by atoms with Gasteiger partial charge >= 0.3 is 12.1 Å². The Morgan fingerprint density at radius 2 is 1.89 bits per heavy atom. The van der Waals surface area contributed by atoms with Gasteiger partial charge in [0.1, 0.15) is 17.7 Å². The largest absolute Gasteiger partial charge is 0.467 e. The van der Waals surface area contributed by atoms with Crippen molar-refractivity contribution in [3.05, 3.63) is 12.2 Å². The average molecular weight is 378 g/mol. The summed E-state index contributed by atoms with van der Waals surface area (Å²) in [6.07, 6.45) is 7.70. The van der Waals surface area contributed by atoms with Crippen LogP contribution in [0.1, 0.15) is 52.9 Å². The van der Waals surface area contributed by atoms with Crippen molar-refractivity contribution in [2.24, 2.45) is 11.8 Å². The number of methoxy groups -OCH3 is 1. The minimum Gasteiger partial charge on any atom is -0.467 e. The van der Waals surface area contributed by atoms with E-state index in [9.17, 15) is 14.4 Å². The van der Waals surface area contributed by atoms with E-state index >= 15 is 0 Å². The number of amides is 2. The Balaban J connectivity index is 1.87. The fraction of sp³-hybridized carbons (Fsp3) is 0.750. The molecule has 0 unspecified atom stereocenters. The quantitative estimate of drug-likeness (QED) is 0.602. The normalized spacial score (nSPS) is 32.1. The number of esters is 1. The third-order valence-corrected chi connectivity index (χ3v) is 5.49. The van der Waals surface area contributed by atoms with Crippen molar-refractivity contribution in [1.82, 2.24) is 10.2 Å². The molecule has 1 aliphatic carbocycles.